The molecule has 27 heavy (non-hydrogen) atoms. The smallest absolute Gasteiger partial charge is 0.153 e. The maximum Gasteiger partial charge on any atom is 0.153 e. The molecule has 136 valence electrons. The van der Waals surface area contributed by atoms with Crippen molar-refractivity contribution in [3.05, 3.63) is 65.9 Å². The number of hydrogen-bond acceptors (Lipinski definition) is 5. The molecular formula is C20H18FN5O. The summed E-state index contributed by atoms with van der Waals surface area (Å²) in [5.74, 6) is 0.511. The summed E-state index contributed by atoms with van der Waals surface area (Å²) >= 11 is 0. The molecular weight excluding hydrogens is 345 g/mol. The average molecular weight is 363 g/mol. The molecule has 4 heterocycles. The quantitative estimate of drug-likeness (QED) is 0.606. The molecule has 0 unspecified atom stereocenters. The lowest BCUT2D eigenvalue weighted by atomic mass is 10.1. The Labute approximate surface area is 154 Å². The Bertz CT molecular complexity index is 1140. The van der Waals surface area contributed by atoms with Crippen LogP contribution in [-0.2, 0) is 6.42 Å². The van der Waals surface area contributed by atoms with Gasteiger partial charge >= 0.3 is 0 Å². The van der Waals surface area contributed by atoms with Gasteiger partial charge in [-0.2, -0.15) is 0 Å². The fraction of sp³-hybridized carbons (Fsp3) is 0.250. The second-order valence-corrected chi connectivity index (χ2v) is 6.92. The molecule has 7 heteroatoms. The number of anilines is 1. The topological polar surface area (TPSA) is 66.5 Å². The fourth-order valence-electron chi connectivity index (χ4n) is 3.62. The van der Waals surface area contributed by atoms with Gasteiger partial charge in [0.1, 0.15) is 11.6 Å². The van der Waals surface area contributed by atoms with Gasteiger partial charge in [0.05, 0.1) is 23.5 Å². The van der Waals surface area contributed by atoms with E-state index in [1.54, 1.807) is 16.9 Å². The van der Waals surface area contributed by atoms with Gasteiger partial charge in [-0.3, -0.25) is 4.98 Å². The molecule has 3 aromatic heterocycles. The van der Waals surface area contributed by atoms with E-state index >= 15 is 0 Å². The molecule has 1 aliphatic heterocycles. The van der Waals surface area contributed by atoms with E-state index in [4.69, 9.17) is 0 Å². The lowest BCUT2D eigenvalue weighted by Crippen LogP contribution is -2.23. The molecule has 0 aliphatic carbocycles. The Hall–Kier alpha value is -3.06. The minimum Gasteiger partial charge on any atom is -0.391 e. The fourth-order valence-corrected chi connectivity index (χ4v) is 3.62. The number of pyridine rings is 1. The van der Waals surface area contributed by atoms with Crippen LogP contribution in [0.4, 0.5) is 10.2 Å². The van der Waals surface area contributed by atoms with Crippen LogP contribution in [0, 0.1) is 5.82 Å². The molecule has 1 N–H and O–H groups in total. The van der Waals surface area contributed by atoms with Crippen LogP contribution in [0.1, 0.15) is 17.7 Å². The Balaban J connectivity index is 1.52. The predicted octanol–water partition coefficient (Wildman–Crippen LogP) is 2.58. The molecule has 1 aromatic carbocycles. The number of nitrogens with zero attached hydrogens (tertiary/aromatic N) is 5. The molecule has 0 bridgehead atoms. The first-order valence-corrected chi connectivity index (χ1v) is 8.97. The van der Waals surface area contributed by atoms with Crippen molar-refractivity contribution in [2.24, 2.45) is 0 Å². The predicted molar refractivity (Wildman–Crippen MR) is 100 cm³/mol. The third-order valence-electron chi connectivity index (χ3n) is 5.05. The van der Waals surface area contributed by atoms with Crippen LogP contribution in [0.3, 0.4) is 0 Å². The van der Waals surface area contributed by atoms with Crippen molar-refractivity contribution < 1.29 is 9.50 Å². The zero-order valence-electron chi connectivity index (χ0n) is 14.6. The largest absolute Gasteiger partial charge is 0.391 e. The van der Waals surface area contributed by atoms with Gasteiger partial charge in [0.25, 0.3) is 0 Å². The number of hydrogen-bond donors (Lipinski definition) is 1. The van der Waals surface area contributed by atoms with Crippen molar-refractivity contribution in [2.45, 2.75) is 18.9 Å². The molecule has 1 saturated heterocycles. The molecule has 0 amide bonds. The Morgan fingerprint density at radius 2 is 2.11 bits per heavy atom. The molecule has 5 rings (SSSR count). The average Bonchev–Trinajstić information content (AvgIpc) is 3.28. The number of β-amino-alcohol motifs (C(OH)–C–C–N with tert-alkyl or cyclic N) is 1. The van der Waals surface area contributed by atoms with Crippen molar-refractivity contribution in [3.8, 4) is 0 Å². The number of aliphatic hydroxyl groups is 1. The number of fused-ring (bicyclic) bond motifs is 2. The van der Waals surface area contributed by atoms with Crippen molar-refractivity contribution in [3.63, 3.8) is 0 Å². The summed E-state index contributed by atoms with van der Waals surface area (Å²) in [7, 11) is 0. The lowest BCUT2D eigenvalue weighted by molar-refractivity contribution is 0.198. The van der Waals surface area contributed by atoms with Crippen LogP contribution in [0.5, 0.6) is 0 Å². The maximum absolute atomic E-state index is 14.6. The van der Waals surface area contributed by atoms with Gasteiger partial charge in [0, 0.05) is 37.2 Å². The number of rotatable bonds is 3. The van der Waals surface area contributed by atoms with Crippen LogP contribution in [0.25, 0.3) is 16.6 Å². The van der Waals surface area contributed by atoms with E-state index in [1.807, 2.05) is 30.3 Å². The van der Waals surface area contributed by atoms with E-state index in [2.05, 4.69) is 20.0 Å². The van der Waals surface area contributed by atoms with E-state index in [9.17, 15) is 9.50 Å². The second-order valence-electron chi connectivity index (χ2n) is 6.92. The first-order chi connectivity index (χ1) is 13.2. The highest BCUT2D eigenvalue weighted by molar-refractivity contribution is 5.79. The lowest BCUT2D eigenvalue weighted by Gasteiger charge is -2.16. The van der Waals surface area contributed by atoms with Gasteiger partial charge in [-0.25, -0.2) is 13.9 Å². The van der Waals surface area contributed by atoms with Crippen LogP contribution < -0.4 is 4.90 Å². The van der Waals surface area contributed by atoms with E-state index in [0.717, 1.165) is 35.5 Å². The summed E-state index contributed by atoms with van der Waals surface area (Å²) in [5, 5.41) is 15.3. The van der Waals surface area contributed by atoms with Crippen LogP contribution >= 0.6 is 0 Å². The summed E-state index contributed by atoms with van der Waals surface area (Å²) in [5.41, 5.74) is 2.76. The highest BCUT2D eigenvalue weighted by Crippen LogP contribution is 2.22. The summed E-state index contributed by atoms with van der Waals surface area (Å²) < 4.78 is 16.3. The first kappa shape index (κ1) is 16.1. The minimum absolute atomic E-state index is 0.282. The van der Waals surface area contributed by atoms with Gasteiger partial charge in [0.15, 0.2) is 5.65 Å². The van der Waals surface area contributed by atoms with E-state index in [1.165, 1.54) is 6.07 Å². The number of imidazole rings is 1. The van der Waals surface area contributed by atoms with Crippen molar-refractivity contribution >= 4 is 22.4 Å². The Kier molecular flexibility index (Phi) is 3.75. The normalized spacial score (nSPS) is 17.3. The SMILES string of the molecule is O[C@@H]1CCN(c2ccc3ncc(Cc4cc5cccnc5cc4F)n3n2)C1. The third kappa shape index (κ3) is 2.90. The van der Waals surface area contributed by atoms with Crippen LogP contribution in [-0.4, -0.2) is 43.9 Å². The number of halogens is 1. The van der Waals surface area contributed by atoms with Crippen molar-refractivity contribution in [2.75, 3.05) is 18.0 Å². The van der Waals surface area contributed by atoms with E-state index < -0.39 is 0 Å². The zero-order chi connectivity index (χ0) is 18.4. The zero-order valence-corrected chi connectivity index (χ0v) is 14.6. The van der Waals surface area contributed by atoms with E-state index in [-0.39, 0.29) is 11.9 Å². The highest BCUT2D eigenvalue weighted by Gasteiger charge is 2.22. The number of benzene rings is 1. The molecule has 6 nitrogen and oxygen atoms in total. The summed E-state index contributed by atoms with van der Waals surface area (Å²) in [4.78, 5) is 10.6. The summed E-state index contributed by atoms with van der Waals surface area (Å²) in [6, 6.07) is 10.9. The second kappa shape index (κ2) is 6.28. The standard InChI is InChI=1S/C20H18FN5O/c21-17-10-18-13(2-1-6-22-18)8-14(17)9-15-11-23-19-3-4-20(24-26(15)19)25-7-5-16(27)12-25/h1-4,6,8,10-11,16,27H,5,7,9,12H2/t16-/m1/s1. The third-order valence-corrected chi connectivity index (χ3v) is 5.05. The van der Waals surface area contributed by atoms with E-state index in [0.29, 0.717) is 24.0 Å². The van der Waals surface area contributed by atoms with Crippen LogP contribution in [0.2, 0.25) is 0 Å². The molecule has 4 aromatic rings. The van der Waals surface area contributed by atoms with Gasteiger partial charge < -0.3 is 10.0 Å². The molecule has 1 aliphatic rings. The molecule has 0 saturated carbocycles. The summed E-state index contributed by atoms with van der Waals surface area (Å²) in [6.45, 7) is 1.35. The molecule has 1 fully saturated rings. The maximum atomic E-state index is 14.6. The minimum atomic E-state index is -0.315. The first-order valence-electron chi connectivity index (χ1n) is 8.97. The van der Waals surface area contributed by atoms with Gasteiger partial charge in [-0.15, -0.1) is 5.10 Å². The molecule has 0 spiro atoms. The monoisotopic (exact) mass is 363 g/mol. The Morgan fingerprint density at radius 1 is 1.19 bits per heavy atom. The molecule has 1 atom stereocenters. The van der Waals surface area contributed by atoms with Gasteiger partial charge in [-0.05, 0) is 36.2 Å². The van der Waals surface area contributed by atoms with Crippen LogP contribution in [0.15, 0.2) is 48.8 Å². The number of aliphatic hydroxyl groups excluding tert-OH is 1. The number of aromatic nitrogens is 4. The van der Waals surface area contributed by atoms with Crippen molar-refractivity contribution in [1.82, 2.24) is 19.6 Å². The summed E-state index contributed by atoms with van der Waals surface area (Å²) in [6.07, 6.45) is 4.21. The molecule has 0 radical (unpaired) electrons. The Morgan fingerprint density at radius 3 is 2.96 bits per heavy atom. The van der Waals surface area contributed by atoms with Crippen molar-refractivity contribution in [1.29, 1.82) is 0 Å². The van der Waals surface area contributed by atoms with Gasteiger partial charge in [-0.1, -0.05) is 6.07 Å². The highest BCUT2D eigenvalue weighted by atomic mass is 19.1. The van der Waals surface area contributed by atoms with Gasteiger partial charge in [0.2, 0.25) is 0 Å².